The number of aliphatic hydroxyl groups excluding tert-OH is 1. The number of hydrogen-bond acceptors (Lipinski definition) is 4. The predicted octanol–water partition coefficient (Wildman–Crippen LogP) is 1.75. The lowest BCUT2D eigenvalue weighted by Crippen LogP contribution is -2.40. The van der Waals surface area contributed by atoms with Gasteiger partial charge in [0.15, 0.2) is 23.3 Å². The molecule has 1 aromatic rings. The lowest BCUT2D eigenvalue weighted by atomic mass is 10.0. The van der Waals surface area contributed by atoms with Crippen LogP contribution in [0.3, 0.4) is 0 Å². The highest BCUT2D eigenvalue weighted by Crippen LogP contribution is 2.21. The molecule has 0 aliphatic rings. The van der Waals surface area contributed by atoms with E-state index in [0.29, 0.717) is 6.20 Å². The quantitative estimate of drug-likeness (QED) is 0.140. The molecule has 0 atom stereocenters. The van der Waals surface area contributed by atoms with Crippen LogP contribution in [0.25, 0.3) is 0 Å². The van der Waals surface area contributed by atoms with Crippen LogP contribution in [-0.4, -0.2) is 34.1 Å². The number of carbonyl (C=O) groups excluding carboxylic acids is 1. The van der Waals surface area contributed by atoms with Crippen LogP contribution in [0.15, 0.2) is 17.8 Å². The second-order valence-corrected chi connectivity index (χ2v) is 5.23. The van der Waals surface area contributed by atoms with E-state index in [0.717, 1.165) is 0 Å². The van der Waals surface area contributed by atoms with E-state index >= 15 is 0 Å². The fourth-order valence-corrected chi connectivity index (χ4v) is 1.42. The molecule has 0 amide bonds. The first-order valence-corrected chi connectivity index (χ1v) is 6.21. The Labute approximate surface area is 128 Å². The molecule has 9 heteroatoms. The molecule has 0 fully saturated rings. The molecule has 126 valence electrons. The fourth-order valence-electron chi connectivity index (χ4n) is 1.42. The number of carboxylic acids is 1. The number of hydrogen-bond donors (Lipinski definition) is 3. The largest absolute Gasteiger partial charge is 0.477 e. The van der Waals surface area contributed by atoms with Gasteiger partial charge in [-0.15, -0.1) is 0 Å². The Morgan fingerprint density at radius 1 is 1.17 bits per heavy atom. The number of aliphatic carboxylic acids is 1. The van der Waals surface area contributed by atoms with Gasteiger partial charge in [-0.05, 0) is 19.9 Å². The van der Waals surface area contributed by atoms with Crippen LogP contribution in [0.2, 0.25) is 0 Å². The Hall–Kier alpha value is -2.42. The molecular formula is C14H13F4NO4. The molecule has 23 heavy (non-hydrogen) atoms. The number of carbonyl (C=O) groups is 2. The summed E-state index contributed by atoms with van der Waals surface area (Å²) in [5.41, 5.74) is -3.33. The van der Waals surface area contributed by atoms with Gasteiger partial charge in [0.05, 0.1) is 17.7 Å². The summed E-state index contributed by atoms with van der Waals surface area (Å²) in [5, 5.41) is 20.4. The molecular weight excluding hydrogens is 322 g/mol. The van der Waals surface area contributed by atoms with E-state index in [1.165, 1.54) is 13.8 Å². The average Bonchev–Trinajstić information content (AvgIpc) is 2.48. The summed E-state index contributed by atoms with van der Waals surface area (Å²) in [7, 11) is 0. The fraction of sp³-hybridized carbons (Fsp3) is 0.286. The maximum Gasteiger partial charge on any atom is 0.341 e. The van der Waals surface area contributed by atoms with Crippen LogP contribution in [0.5, 0.6) is 0 Å². The summed E-state index contributed by atoms with van der Waals surface area (Å²) in [5.74, 6) is -11.5. The summed E-state index contributed by atoms with van der Waals surface area (Å²) in [6.07, 6.45) is 0.666. The van der Waals surface area contributed by atoms with Gasteiger partial charge in [-0.1, -0.05) is 0 Å². The molecule has 5 nitrogen and oxygen atoms in total. The van der Waals surface area contributed by atoms with E-state index in [-0.39, 0.29) is 6.07 Å². The molecule has 0 heterocycles. The first-order chi connectivity index (χ1) is 10.5. The SMILES string of the molecule is CC(C)(CO)N/C=C(/C(=O)O)C(=O)c1cc(F)c(F)c(F)c1F. The molecule has 3 N–H and O–H groups in total. The summed E-state index contributed by atoms with van der Waals surface area (Å²) in [6, 6.07) is 0.0735. The van der Waals surface area contributed by atoms with Crippen LogP contribution in [0.1, 0.15) is 24.2 Å². The lowest BCUT2D eigenvalue weighted by Gasteiger charge is -2.22. The summed E-state index contributed by atoms with van der Waals surface area (Å²) in [4.78, 5) is 23.1. The van der Waals surface area contributed by atoms with Crippen molar-refractivity contribution in [3.8, 4) is 0 Å². The van der Waals surface area contributed by atoms with Gasteiger partial charge in [-0.2, -0.15) is 0 Å². The van der Waals surface area contributed by atoms with Gasteiger partial charge in [0.1, 0.15) is 5.57 Å². The van der Waals surface area contributed by atoms with Crippen molar-refractivity contribution >= 4 is 11.8 Å². The molecule has 0 spiro atoms. The van der Waals surface area contributed by atoms with Crippen LogP contribution in [-0.2, 0) is 4.79 Å². The second kappa shape index (κ2) is 6.78. The van der Waals surface area contributed by atoms with E-state index in [4.69, 9.17) is 10.2 Å². The molecule has 1 aromatic carbocycles. The maximum absolute atomic E-state index is 13.6. The van der Waals surface area contributed by atoms with Crippen LogP contribution >= 0.6 is 0 Å². The first-order valence-electron chi connectivity index (χ1n) is 6.21. The number of benzene rings is 1. The molecule has 0 aliphatic heterocycles. The van der Waals surface area contributed by atoms with Crippen molar-refractivity contribution in [3.63, 3.8) is 0 Å². The lowest BCUT2D eigenvalue weighted by molar-refractivity contribution is -0.132. The van der Waals surface area contributed by atoms with E-state index in [2.05, 4.69) is 5.32 Å². The van der Waals surface area contributed by atoms with E-state index < -0.39 is 58.3 Å². The number of Topliss-reactive ketones (excluding diaryl/α,β-unsaturated/α-hetero) is 1. The van der Waals surface area contributed by atoms with Crippen molar-refractivity contribution in [2.45, 2.75) is 19.4 Å². The summed E-state index contributed by atoms with van der Waals surface area (Å²) >= 11 is 0. The Balaban J connectivity index is 3.34. The minimum Gasteiger partial charge on any atom is -0.477 e. The zero-order chi connectivity index (χ0) is 17.9. The van der Waals surface area contributed by atoms with Gasteiger partial charge in [0.2, 0.25) is 5.78 Å². The van der Waals surface area contributed by atoms with E-state index in [9.17, 15) is 27.2 Å². The standard InChI is InChI=1S/C14H13F4NO4/c1-14(2,5-20)19-4-7(13(22)23)12(21)6-3-8(15)10(17)11(18)9(6)16/h3-4,19-20H,5H2,1-2H3,(H,22,23)/b7-4+. The smallest absolute Gasteiger partial charge is 0.341 e. The van der Waals surface area contributed by atoms with E-state index in [1.54, 1.807) is 0 Å². The predicted molar refractivity (Wildman–Crippen MR) is 70.6 cm³/mol. The topological polar surface area (TPSA) is 86.6 Å². The summed E-state index contributed by atoms with van der Waals surface area (Å²) in [6.45, 7) is 2.50. The van der Waals surface area contributed by atoms with Crippen LogP contribution < -0.4 is 5.32 Å². The van der Waals surface area contributed by atoms with Crippen LogP contribution in [0.4, 0.5) is 17.6 Å². The average molecular weight is 335 g/mol. The van der Waals surface area contributed by atoms with Gasteiger partial charge in [0, 0.05) is 6.20 Å². The third-order valence-corrected chi connectivity index (χ3v) is 2.82. The van der Waals surface area contributed by atoms with Crippen molar-refractivity contribution in [1.29, 1.82) is 0 Å². The highest BCUT2D eigenvalue weighted by Gasteiger charge is 2.28. The summed E-state index contributed by atoms with van der Waals surface area (Å²) < 4.78 is 52.7. The third-order valence-electron chi connectivity index (χ3n) is 2.82. The zero-order valence-electron chi connectivity index (χ0n) is 12.1. The van der Waals surface area contributed by atoms with E-state index in [1.807, 2.05) is 0 Å². The van der Waals surface area contributed by atoms with Crippen LogP contribution in [0, 0.1) is 23.3 Å². The Kier molecular flexibility index (Phi) is 5.49. The monoisotopic (exact) mass is 335 g/mol. The van der Waals surface area contributed by atoms with Gasteiger partial charge < -0.3 is 15.5 Å². The van der Waals surface area contributed by atoms with Crippen molar-refractivity contribution in [2.24, 2.45) is 0 Å². The number of halogens is 4. The van der Waals surface area contributed by atoms with Crippen molar-refractivity contribution in [1.82, 2.24) is 5.32 Å². The highest BCUT2D eigenvalue weighted by molar-refractivity contribution is 6.23. The highest BCUT2D eigenvalue weighted by atomic mass is 19.2. The second-order valence-electron chi connectivity index (χ2n) is 5.23. The van der Waals surface area contributed by atoms with Gasteiger partial charge >= 0.3 is 5.97 Å². The molecule has 0 radical (unpaired) electrons. The minimum absolute atomic E-state index is 0.0735. The van der Waals surface area contributed by atoms with Gasteiger partial charge in [0.25, 0.3) is 0 Å². The minimum atomic E-state index is -2.22. The van der Waals surface area contributed by atoms with Gasteiger partial charge in [-0.3, -0.25) is 4.79 Å². The third kappa shape index (κ3) is 4.07. The molecule has 0 unspecified atom stereocenters. The molecule has 1 rings (SSSR count). The Morgan fingerprint density at radius 3 is 2.22 bits per heavy atom. The van der Waals surface area contributed by atoms with Crippen molar-refractivity contribution < 1.29 is 37.4 Å². The van der Waals surface area contributed by atoms with Crippen molar-refractivity contribution in [2.75, 3.05) is 6.61 Å². The maximum atomic E-state index is 13.6. The number of carboxylic acid groups (broad SMARTS) is 1. The normalized spacial score (nSPS) is 12.2. The molecule has 0 saturated carbocycles. The molecule has 0 saturated heterocycles. The number of aliphatic hydroxyl groups is 1. The zero-order valence-corrected chi connectivity index (χ0v) is 12.1. The Morgan fingerprint density at radius 2 is 1.74 bits per heavy atom. The first kappa shape index (κ1) is 18.6. The molecule has 0 aromatic heterocycles. The number of rotatable bonds is 6. The molecule has 0 bridgehead atoms. The number of nitrogens with one attached hydrogen (secondary N) is 1. The van der Waals surface area contributed by atoms with Crippen molar-refractivity contribution in [3.05, 3.63) is 46.7 Å². The number of ketones is 1. The molecule has 0 aliphatic carbocycles. The van der Waals surface area contributed by atoms with Gasteiger partial charge in [-0.25, -0.2) is 22.4 Å². The Bertz CT molecular complexity index is 686.